The summed E-state index contributed by atoms with van der Waals surface area (Å²) in [7, 11) is -6.00. The Hall–Kier alpha value is -3.01. The van der Waals surface area contributed by atoms with Crippen LogP contribution >= 0.6 is 0 Å². The van der Waals surface area contributed by atoms with E-state index < -0.39 is 7.25 Å². The van der Waals surface area contributed by atoms with Gasteiger partial charge in [-0.25, -0.2) is 0 Å². The SMILES string of the molecule is F[B-](F)(F)F.c1ccc(COc2ccc([I+]c3ccc(OCc4ccccc4)c4c3CCCC4)c3c2CCCC3)cc1. The minimum absolute atomic E-state index is 0.251. The Morgan fingerprint density at radius 2 is 0.857 bits per heavy atom. The Kier molecular flexibility index (Phi) is 10.5. The van der Waals surface area contributed by atoms with Gasteiger partial charge in [-0.2, -0.15) is 0 Å². The smallest absolute Gasteiger partial charge is 0.489 e. The monoisotopic (exact) mass is 688 g/mol. The van der Waals surface area contributed by atoms with Crippen LogP contribution in [0.25, 0.3) is 0 Å². The molecule has 0 fully saturated rings. The molecule has 0 atom stereocenters. The van der Waals surface area contributed by atoms with Gasteiger partial charge in [-0.3, -0.25) is 0 Å². The number of ether oxygens (including phenoxy) is 2. The molecule has 4 aromatic rings. The molecule has 2 aliphatic carbocycles. The fourth-order valence-electron chi connectivity index (χ4n) is 5.61. The molecule has 0 spiro atoms. The lowest BCUT2D eigenvalue weighted by atomic mass is 9.91. The summed E-state index contributed by atoms with van der Waals surface area (Å²) in [5, 5.41) is 0. The van der Waals surface area contributed by atoms with Crippen LogP contribution in [-0.2, 0) is 38.9 Å². The van der Waals surface area contributed by atoms with Crippen LogP contribution in [0, 0.1) is 7.14 Å². The highest BCUT2D eigenvalue weighted by molar-refractivity contribution is 6.50. The summed E-state index contributed by atoms with van der Waals surface area (Å²) in [5.41, 5.74) is 8.55. The first kappa shape index (κ1) is 30.5. The largest absolute Gasteiger partial charge is 0.673 e. The normalized spacial score (nSPS) is 14.2. The lowest BCUT2D eigenvalue weighted by Gasteiger charge is -2.21. The van der Waals surface area contributed by atoms with Crippen molar-refractivity contribution < 1.29 is 47.9 Å². The zero-order valence-electron chi connectivity index (χ0n) is 23.4. The number of hydrogen-bond donors (Lipinski definition) is 0. The van der Waals surface area contributed by atoms with Crippen molar-refractivity contribution in [3.8, 4) is 11.5 Å². The number of hydrogen-bond acceptors (Lipinski definition) is 2. The van der Waals surface area contributed by atoms with Crippen LogP contribution in [0.1, 0.15) is 59.1 Å². The van der Waals surface area contributed by atoms with Gasteiger partial charge in [0.05, 0.1) is 0 Å². The van der Waals surface area contributed by atoms with Crippen LogP contribution in [0.15, 0.2) is 84.9 Å². The van der Waals surface area contributed by atoms with Gasteiger partial charge in [0.15, 0.2) is 7.14 Å². The molecular weight excluding hydrogens is 654 g/mol. The molecule has 2 nitrogen and oxygen atoms in total. The molecule has 220 valence electrons. The van der Waals surface area contributed by atoms with Crippen LogP contribution < -0.4 is 30.7 Å². The molecular formula is C34H34BF4IO2. The molecule has 0 saturated carbocycles. The van der Waals surface area contributed by atoms with Crippen molar-refractivity contribution >= 4 is 7.25 Å². The van der Waals surface area contributed by atoms with E-state index in [1.807, 2.05) is 0 Å². The maximum Gasteiger partial charge on any atom is 0.673 e. The summed E-state index contributed by atoms with van der Waals surface area (Å²) >= 11 is -0.251. The minimum atomic E-state index is -6.00. The van der Waals surface area contributed by atoms with E-state index >= 15 is 0 Å². The molecule has 42 heavy (non-hydrogen) atoms. The Labute approximate surface area is 255 Å². The van der Waals surface area contributed by atoms with Gasteiger partial charge < -0.3 is 26.7 Å². The Morgan fingerprint density at radius 3 is 1.24 bits per heavy atom. The molecule has 0 saturated heterocycles. The quantitative estimate of drug-likeness (QED) is 0.128. The Bertz CT molecular complexity index is 1350. The predicted octanol–water partition coefficient (Wildman–Crippen LogP) is 6.03. The fourth-order valence-corrected chi connectivity index (χ4v) is 8.80. The fraction of sp³-hybridized carbons (Fsp3) is 0.294. The van der Waals surface area contributed by atoms with Crippen molar-refractivity contribution in [3.63, 3.8) is 0 Å². The van der Waals surface area contributed by atoms with Gasteiger partial charge >= 0.3 is 28.5 Å². The lowest BCUT2D eigenvalue weighted by Crippen LogP contribution is -3.62. The van der Waals surface area contributed by atoms with Crippen LogP contribution in [0.5, 0.6) is 11.5 Å². The van der Waals surface area contributed by atoms with Crippen LogP contribution in [-0.4, -0.2) is 7.25 Å². The first-order chi connectivity index (χ1) is 20.3. The van der Waals surface area contributed by atoms with Gasteiger partial charge in [0.25, 0.3) is 0 Å². The summed E-state index contributed by atoms with van der Waals surface area (Å²) in [6.45, 7) is 1.28. The molecule has 2 aliphatic rings. The van der Waals surface area contributed by atoms with E-state index in [1.54, 1.807) is 18.3 Å². The van der Waals surface area contributed by atoms with E-state index in [1.165, 1.54) is 60.8 Å². The lowest BCUT2D eigenvalue weighted by molar-refractivity contribution is -0.599. The van der Waals surface area contributed by atoms with Crippen LogP contribution in [0.4, 0.5) is 17.3 Å². The number of benzene rings is 4. The van der Waals surface area contributed by atoms with Crippen molar-refractivity contribution in [2.45, 2.75) is 64.6 Å². The number of fused-ring (bicyclic) bond motifs is 2. The molecule has 0 N–H and O–H groups in total. The molecule has 0 amide bonds. The summed E-state index contributed by atoms with van der Waals surface area (Å²) < 4.78 is 54.9. The standard InChI is InChI=1S/C34H34IO2.BF4/c1-3-11-25(12-4-1)23-36-33-21-19-31(27-15-7-9-17-29(27)33)35-32-20-22-34(30-18-10-8-16-28(30)32)37-24-26-13-5-2-6-14-26;2-1(3,4)5/h1-6,11-14,19-22H,7-10,15-18,23-24H2;/q+1;-1. The molecule has 4 aromatic carbocycles. The van der Waals surface area contributed by atoms with E-state index in [0.717, 1.165) is 24.3 Å². The first-order valence-electron chi connectivity index (χ1n) is 14.5. The predicted molar refractivity (Wildman–Crippen MR) is 155 cm³/mol. The summed E-state index contributed by atoms with van der Waals surface area (Å²) in [6.07, 6.45) is 9.76. The molecule has 0 aromatic heterocycles. The average Bonchev–Trinajstić information content (AvgIpc) is 3.00. The molecule has 8 heteroatoms. The van der Waals surface area contributed by atoms with Crippen molar-refractivity contribution in [2.75, 3.05) is 0 Å². The highest BCUT2D eigenvalue weighted by Crippen LogP contribution is 2.32. The van der Waals surface area contributed by atoms with Gasteiger partial charge in [-0.15, -0.1) is 0 Å². The molecule has 0 bridgehead atoms. The first-order valence-corrected chi connectivity index (χ1v) is 16.7. The van der Waals surface area contributed by atoms with Crippen LogP contribution in [0.3, 0.4) is 0 Å². The molecule has 0 unspecified atom stereocenters. The third-order valence-electron chi connectivity index (χ3n) is 7.55. The number of rotatable bonds is 8. The third kappa shape index (κ3) is 8.52. The highest BCUT2D eigenvalue weighted by Gasteiger charge is 2.31. The van der Waals surface area contributed by atoms with E-state index in [9.17, 15) is 17.3 Å². The summed E-state index contributed by atoms with van der Waals surface area (Å²) in [4.78, 5) is 0. The number of halogens is 5. The second-order valence-electron chi connectivity index (χ2n) is 10.6. The minimum Gasteiger partial charge on any atom is -0.489 e. The van der Waals surface area contributed by atoms with Gasteiger partial charge in [0.2, 0.25) is 0 Å². The zero-order valence-corrected chi connectivity index (χ0v) is 25.6. The third-order valence-corrected chi connectivity index (χ3v) is 10.7. The summed E-state index contributed by atoms with van der Waals surface area (Å²) in [5.74, 6) is 2.19. The average molecular weight is 688 g/mol. The van der Waals surface area contributed by atoms with E-state index in [2.05, 4.69) is 84.9 Å². The second kappa shape index (κ2) is 14.4. The zero-order chi connectivity index (χ0) is 29.4. The molecule has 6 rings (SSSR count). The topological polar surface area (TPSA) is 18.5 Å². The Balaban J connectivity index is 0.000000652. The summed E-state index contributed by atoms with van der Waals surface area (Å²) in [6, 6.07) is 30.3. The molecule has 0 radical (unpaired) electrons. The van der Waals surface area contributed by atoms with E-state index in [0.29, 0.717) is 13.2 Å². The van der Waals surface area contributed by atoms with E-state index in [4.69, 9.17) is 9.47 Å². The van der Waals surface area contributed by atoms with Crippen molar-refractivity contribution in [1.29, 1.82) is 0 Å². The maximum atomic E-state index is 9.75. The Morgan fingerprint density at radius 1 is 0.500 bits per heavy atom. The second-order valence-corrected chi connectivity index (χ2v) is 13.4. The van der Waals surface area contributed by atoms with Gasteiger partial charge in [-0.05, 0) is 86.8 Å². The van der Waals surface area contributed by atoms with Crippen molar-refractivity contribution in [1.82, 2.24) is 0 Å². The molecule has 0 heterocycles. The molecule has 0 aliphatic heterocycles. The van der Waals surface area contributed by atoms with Gasteiger partial charge in [0.1, 0.15) is 24.7 Å². The maximum absolute atomic E-state index is 9.75. The van der Waals surface area contributed by atoms with Crippen molar-refractivity contribution in [3.05, 3.63) is 125 Å². The van der Waals surface area contributed by atoms with Crippen LogP contribution in [0.2, 0.25) is 0 Å². The van der Waals surface area contributed by atoms with Crippen molar-refractivity contribution in [2.24, 2.45) is 0 Å². The van der Waals surface area contributed by atoms with E-state index in [-0.39, 0.29) is 21.2 Å². The van der Waals surface area contributed by atoms with Gasteiger partial charge in [0, 0.05) is 22.3 Å². The highest BCUT2D eigenvalue weighted by atomic mass is 127. The van der Waals surface area contributed by atoms with Gasteiger partial charge in [-0.1, -0.05) is 60.7 Å².